The Balaban J connectivity index is 1.52. The highest BCUT2D eigenvalue weighted by molar-refractivity contribution is 5.79. The van der Waals surface area contributed by atoms with Gasteiger partial charge >= 0.3 is 6.18 Å². The lowest BCUT2D eigenvalue weighted by molar-refractivity contribution is -0.141. The van der Waals surface area contributed by atoms with Crippen LogP contribution in [0.2, 0.25) is 0 Å². The Morgan fingerprint density at radius 1 is 1.03 bits per heavy atom. The molecular formula is C21H22F4N4O. The molecule has 2 aliphatic heterocycles. The summed E-state index contributed by atoms with van der Waals surface area (Å²) in [4.78, 5) is 23.7. The molecule has 0 aliphatic carbocycles. The number of alkyl halides is 3. The minimum absolute atomic E-state index is 0.0640. The molecule has 0 saturated carbocycles. The summed E-state index contributed by atoms with van der Waals surface area (Å²) >= 11 is 0. The van der Waals surface area contributed by atoms with Crippen LogP contribution in [0.4, 0.5) is 23.4 Å². The number of hydrogen-bond donors (Lipinski definition) is 0. The minimum atomic E-state index is -4.52. The third-order valence-corrected chi connectivity index (χ3v) is 6.12. The van der Waals surface area contributed by atoms with Crippen LogP contribution >= 0.6 is 0 Å². The molecule has 1 aromatic carbocycles. The van der Waals surface area contributed by atoms with Crippen molar-refractivity contribution in [2.75, 3.05) is 18.0 Å². The van der Waals surface area contributed by atoms with E-state index in [-0.39, 0.29) is 23.1 Å². The van der Waals surface area contributed by atoms with Crippen LogP contribution in [0.15, 0.2) is 36.7 Å². The minimum Gasteiger partial charge on any atom is -0.356 e. The molecule has 0 unspecified atom stereocenters. The van der Waals surface area contributed by atoms with Gasteiger partial charge in [0.05, 0.1) is 0 Å². The average molecular weight is 422 g/mol. The standard InChI is InChI=1S/C21H22F4N4O/c22-16-4-2-15(3-5-16)13-29-19(30)6-8-20(29)7-1-10-28(11-9-20)18-12-17(21(23,24)25)26-14-27-18/h2-5,12,14H,1,6-11,13H2/t20-/m1/s1. The Morgan fingerprint density at radius 3 is 2.53 bits per heavy atom. The first-order valence-corrected chi connectivity index (χ1v) is 9.96. The topological polar surface area (TPSA) is 49.3 Å². The molecule has 2 fully saturated rings. The SMILES string of the molecule is O=C1CC[C@@]2(CCCN(c3cc(C(F)(F)F)ncn3)CC2)N1Cc1ccc(F)cc1. The number of benzene rings is 1. The number of amides is 1. The molecule has 0 radical (unpaired) electrons. The second kappa shape index (κ2) is 7.85. The molecule has 2 aliphatic rings. The van der Waals surface area contributed by atoms with Gasteiger partial charge in [0, 0.05) is 37.7 Å². The molecule has 2 aromatic rings. The molecule has 9 heteroatoms. The molecule has 0 bridgehead atoms. The number of halogens is 4. The van der Waals surface area contributed by atoms with Gasteiger partial charge in [0.1, 0.15) is 23.7 Å². The van der Waals surface area contributed by atoms with Crippen LogP contribution in [0.3, 0.4) is 0 Å². The third kappa shape index (κ3) is 4.11. The number of nitrogens with zero attached hydrogens (tertiary/aromatic N) is 4. The monoisotopic (exact) mass is 422 g/mol. The van der Waals surface area contributed by atoms with Gasteiger partial charge in [0.15, 0.2) is 0 Å². The van der Waals surface area contributed by atoms with Gasteiger partial charge in [-0.2, -0.15) is 13.2 Å². The molecule has 30 heavy (non-hydrogen) atoms. The molecule has 4 rings (SSSR count). The smallest absolute Gasteiger partial charge is 0.356 e. The van der Waals surface area contributed by atoms with Crippen molar-refractivity contribution in [3.05, 3.63) is 53.7 Å². The van der Waals surface area contributed by atoms with Crippen molar-refractivity contribution in [1.82, 2.24) is 14.9 Å². The van der Waals surface area contributed by atoms with Gasteiger partial charge in [0.25, 0.3) is 0 Å². The predicted molar refractivity (Wildman–Crippen MR) is 102 cm³/mol. The summed E-state index contributed by atoms with van der Waals surface area (Å²) < 4.78 is 52.2. The van der Waals surface area contributed by atoms with Crippen LogP contribution in [0.5, 0.6) is 0 Å². The van der Waals surface area contributed by atoms with Gasteiger partial charge in [0.2, 0.25) is 5.91 Å². The van der Waals surface area contributed by atoms with E-state index in [1.807, 2.05) is 9.80 Å². The number of anilines is 1. The average Bonchev–Trinajstić information content (AvgIpc) is 2.89. The molecule has 1 amide bonds. The Kier molecular flexibility index (Phi) is 5.38. The lowest BCUT2D eigenvalue weighted by Gasteiger charge is -2.38. The van der Waals surface area contributed by atoms with E-state index >= 15 is 0 Å². The maximum atomic E-state index is 13.2. The lowest BCUT2D eigenvalue weighted by atomic mass is 9.87. The summed E-state index contributed by atoms with van der Waals surface area (Å²) in [6.07, 6.45) is -0.254. The van der Waals surface area contributed by atoms with E-state index < -0.39 is 11.9 Å². The van der Waals surface area contributed by atoms with Crippen LogP contribution in [0, 0.1) is 5.82 Å². The molecule has 2 saturated heterocycles. The summed E-state index contributed by atoms with van der Waals surface area (Å²) in [5.74, 6) is -0.00708. The first-order valence-electron chi connectivity index (χ1n) is 9.96. The zero-order valence-electron chi connectivity index (χ0n) is 16.3. The van der Waals surface area contributed by atoms with E-state index in [4.69, 9.17) is 0 Å². The first kappa shape index (κ1) is 20.6. The Hall–Kier alpha value is -2.71. The normalized spacial score (nSPS) is 22.6. The maximum Gasteiger partial charge on any atom is 0.433 e. The molecule has 1 spiro atoms. The van der Waals surface area contributed by atoms with Crippen molar-refractivity contribution >= 4 is 11.7 Å². The summed E-state index contributed by atoms with van der Waals surface area (Å²) in [6, 6.07) is 7.10. The lowest BCUT2D eigenvalue weighted by Crippen LogP contribution is -2.46. The van der Waals surface area contributed by atoms with Crippen molar-refractivity contribution in [2.45, 2.75) is 50.4 Å². The summed E-state index contributed by atoms with van der Waals surface area (Å²) in [7, 11) is 0. The van der Waals surface area contributed by atoms with Crippen LogP contribution < -0.4 is 4.90 Å². The highest BCUT2D eigenvalue weighted by Crippen LogP contribution is 2.41. The Labute approximate surface area is 171 Å². The number of aromatic nitrogens is 2. The van der Waals surface area contributed by atoms with Crippen molar-refractivity contribution in [3.8, 4) is 0 Å². The largest absolute Gasteiger partial charge is 0.433 e. The zero-order chi connectivity index (χ0) is 21.4. The van der Waals surface area contributed by atoms with Gasteiger partial charge in [-0.15, -0.1) is 0 Å². The molecule has 5 nitrogen and oxygen atoms in total. The van der Waals surface area contributed by atoms with Crippen molar-refractivity contribution in [2.24, 2.45) is 0 Å². The number of hydrogen-bond acceptors (Lipinski definition) is 4. The third-order valence-electron chi connectivity index (χ3n) is 6.12. The zero-order valence-corrected chi connectivity index (χ0v) is 16.3. The van der Waals surface area contributed by atoms with E-state index in [0.717, 1.165) is 37.2 Å². The Morgan fingerprint density at radius 2 is 1.80 bits per heavy atom. The van der Waals surface area contributed by atoms with Crippen molar-refractivity contribution in [3.63, 3.8) is 0 Å². The van der Waals surface area contributed by atoms with Gasteiger partial charge in [-0.05, 0) is 43.4 Å². The fraction of sp³-hybridized carbons (Fsp3) is 0.476. The molecule has 1 aromatic heterocycles. The van der Waals surface area contributed by atoms with E-state index in [9.17, 15) is 22.4 Å². The number of likely N-dealkylation sites (tertiary alicyclic amines) is 1. The molecule has 3 heterocycles. The highest BCUT2D eigenvalue weighted by Gasteiger charge is 2.45. The van der Waals surface area contributed by atoms with Gasteiger partial charge < -0.3 is 9.80 Å². The van der Waals surface area contributed by atoms with E-state index in [0.29, 0.717) is 32.5 Å². The maximum absolute atomic E-state index is 13.2. The van der Waals surface area contributed by atoms with E-state index in [1.54, 1.807) is 12.1 Å². The number of carbonyl (C=O) groups excluding carboxylic acids is 1. The van der Waals surface area contributed by atoms with Crippen LogP contribution in [0.25, 0.3) is 0 Å². The molecule has 160 valence electrons. The molecular weight excluding hydrogens is 400 g/mol. The summed E-state index contributed by atoms with van der Waals surface area (Å²) in [5, 5.41) is 0. The second-order valence-corrected chi connectivity index (χ2v) is 7.93. The van der Waals surface area contributed by atoms with Gasteiger partial charge in [-0.1, -0.05) is 12.1 Å². The molecule has 0 N–H and O–H groups in total. The van der Waals surface area contributed by atoms with Gasteiger partial charge in [-0.3, -0.25) is 4.79 Å². The van der Waals surface area contributed by atoms with Crippen molar-refractivity contribution in [1.29, 1.82) is 0 Å². The van der Waals surface area contributed by atoms with Crippen molar-refractivity contribution < 1.29 is 22.4 Å². The van der Waals surface area contributed by atoms with Crippen LogP contribution in [-0.4, -0.2) is 39.4 Å². The molecule has 1 atom stereocenters. The van der Waals surface area contributed by atoms with Crippen LogP contribution in [0.1, 0.15) is 43.4 Å². The number of rotatable bonds is 3. The Bertz CT molecular complexity index is 918. The van der Waals surface area contributed by atoms with Gasteiger partial charge in [-0.25, -0.2) is 14.4 Å². The van der Waals surface area contributed by atoms with Crippen LogP contribution in [-0.2, 0) is 17.5 Å². The van der Waals surface area contributed by atoms with E-state index in [2.05, 4.69) is 9.97 Å². The quantitative estimate of drug-likeness (QED) is 0.697. The summed E-state index contributed by atoms with van der Waals surface area (Å²) in [6.45, 7) is 1.47. The fourth-order valence-electron chi connectivity index (χ4n) is 4.51. The first-order chi connectivity index (χ1) is 14.3. The predicted octanol–water partition coefficient (Wildman–Crippen LogP) is 4.19. The second-order valence-electron chi connectivity index (χ2n) is 7.93. The number of carbonyl (C=O) groups is 1. The van der Waals surface area contributed by atoms with E-state index in [1.165, 1.54) is 12.1 Å². The fourth-order valence-corrected chi connectivity index (χ4v) is 4.51. The summed E-state index contributed by atoms with van der Waals surface area (Å²) in [5.41, 5.74) is -0.432. The highest BCUT2D eigenvalue weighted by atomic mass is 19.4.